The van der Waals surface area contributed by atoms with Gasteiger partial charge in [-0.1, -0.05) is 27.2 Å². The van der Waals surface area contributed by atoms with Gasteiger partial charge in [-0.25, -0.2) is 0 Å². The van der Waals surface area contributed by atoms with Gasteiger partial charge in [0, 0.05) is 6.04 Å². The van der Waals surface area contributed by atoms with Crippen molar-refractivity contribution in [2.75, 3.05) is 6.54 Å². The molecule has 0 spiro atoms. The Balaban J connectivity index is 2.59. The summed E-state index contributed by atoms with van der Waals surface area (Å²) in [5.41, 5.74) is -0.562. The van der Waals surface area contributed by atoms with Gasteiger partial charge in [-0.2, -0.15) is 0 Å². The predicted molar refractivity (Wildman–Crippen MR) is 60.3 cm³/mol. The fraction of sp³-hybridized carbons (Fsp3) is 1.00. The molecule has 3 atom stereocenters. The molecule has 3 unspecified atom stereocenters. The molecule has 0 aromatic heterocycles. The maximum absolute atomic E-state index is 10.4. The molecule has 0 aromatic carbocycles. The van der Waals surface area contributed by atoms with E-state index in [-0.39, 0.29) is 6.04 Å². The van der Waals surface area contributed by atoms with Gasteiger partial charge < -0.3 is 10.4 Å². The molecule has 0 saturated carbocycles. The van der Waals surface area contributed by atoms with Gasteiger partial charge in [0.05, 0.1) is 5.60 Å². The van der Waals surface area contributed by atoms with E-state index in [0.717, 1.165) is 18.9 Å². The molecule has 0 radical (unpaired) electrons. The van der Waals surface area contributed by atoms with Gasteiger partial charge in [0.2, 0.25) is 0 Å². The zero-order chi connectivity index (χ0) is 10.8. The lowest BCUT2D eigenvalue weighted by atomic mass is 9.77. The zero-order valence-electron chi connectivity index (χ0n) is 10.0. The van der Waals surface area contributed by atoms with Crippen LogP contribution in [-0.2, 0) is 0 Å². The molecule has 1 heterocycles. The van der Waals surface area contributed by atoms with Gasteiger partial charge in [0.1, 0.15) is 0 Å². The highest BCUT2D eigenvalue weighted by Gasteiger charge is 2.37. The van der Waals surface area contributed by atoms with Crippen LogP contribution >= 0.6 is 0 Å². The molecule has 2 nitrogen and oxygen atoms in total. The Morgan fingerprint density at radius 3 is 2.64 bits per heavy atom. The molecule has 1 fully saturated rings. The van der Waals surface area contributed by atoms with Gasteiger partial charge in [0.15, 0.2) is 0 Å². The molecule has 0 aromatic rings. The molecule has 0 amide bonds. The molecular weight excluding hydrogens is 174 g/mol. The van der Waals surface area contributed by atoms with Crippen molar-refractivity contribution in [2.45, 2.75) is 58.6 Å². The molecule has 1 aliphatic rings. The molecule has 2 N–H and O–H groups in total. The summed E-state index contributed by atoms with van der Waals surface area (Å²) in [7, 11) is 0. The van der Waals surface area contributed by atoms with Crippen molar-refractivity contribution < 1.29 is 5.11 Å². The molecule has 1 aliphatic heterocycles. The highest BCUT2D eigenvalue weighted by atomic mass is 16.3. The Morgan fingerprint density at radius 2 is 2.14 bits per heavy atom. The van der Waals surface area contributed by atoms with E-state index in [1.807, 2.05) is 6.92 Å². The van der Waals surface area contributed by atoms with Crippen molar-refractivity contribution in [1.82, 2.24) is 5.32 Å². The second kappa shape index (κ2) is 4.63. The van der Waals surface area contributed by atoms with Gasteiger partial charge in [-0.05, 0) is 38.1 Å². The van der Waals surface area contributed by atoms with Crippen molar-refractivity contribution in [1.29, 1.82) is 0 Å². The van der Waals surface area contributed by atoms with Crippen LogP contribution < -0.4 is 5.32 Å². The number of aliphatic hydroxyl groups is 1. The second-order valence-corrected chi connectivity index (χ2v) is 5.19. The quantitative estimate of drug-likeness (QED) is 0.730. The second-order valence-electron chi connectivity index (χ2n) is 5.19. The number of hydrogen-bond donors (Lipinski definition) is 2. The first-order chi connectivity index (χ1) is 6.48. The standard InChI is InChI=1S/C12H25NO/c1-5-10-6-7-13-11(8-10)12(4,14)9(2)3/h9-11,13-14H,5-8H2,1-4H3. The van der Waals surface area contributed by atoms with E-state index in [0.29, 0.717) is 5.92 Å². The molecule has 14 heavy (non-hydrogen) atoms. The number of rotatable bonds is 3. The zero-order valence-corrected chi connectivity index (χ0v) is 10.0. The van der Waals surface area contributed by atoms with Crippen LogP contribution in [0.25, 0.3) is 0 Å². The van der Waals surface area contributed by atoms with E-state index < -0.39 is 5.60 Å². The largest absolute Gasteiger partial charge is 0.388 e. The highest BCUT2D eigenvalue weighted by Crippen LogP contribution is 2.29. The summed E-state index contributed by atoms with van der Waals surface area (Å²) >= 11 is 0. The summed E-state index contributed by atoms with van der Waals surface area (Å²) in [5, 5.41) is 13.8. The summed E-state index contributed by atoms with van der Waals surface area (Å²) in [5.74, 6) is 1.11. The monoisotopic (exact) mass is 199 g/mol. The minimum atomic E-state index is -0.562. The summed E-state index contributed by atoms with van der Waals surface area (Å²) in [6.07, 6.45) is 3.63. The summed E-state index contributed by atoms with van der Waals surface area (Å²) in [6, 6.07) is 0.279. The van der Waals surface area contributed by atoms with Gasteiger partial charge >= 0.3 is 0 Å². The molecule has 1 saturated heterocycles. The van der Waals surface area contributed by atoms with E-state index >= 15 is 0 Å². The maximum atomic E-state index is 10.4. The summed E-state index contributed by atoms with van der Waals surface area (Å²) in [6.45, 7) is 9.46. The van der Waals surface area contributed by atoms with Crippen LogP contribution in [0.3, 0.4) is 0 Å². The first-order valence-electron chi connectivity index (χ1n) is 5.94. The Kier molecular flexibility index (Phi) is 3.96. The highest BCUT2D eigenvalue weighted by molar-refractivity contribution is 4.93. The van der Waals surface area contributed by atoms with E-state index in [4.69, 9.17) is 0 Å². The Bertz CT molecular complexity index is 177. The average Bonchev–Trinajstić information content (AvgIpc) is 2.17. The van der Waals surface area contributed by atoms with Crippen molar-refractivity contribution in [3.8, 4) is 0 Å². The SMILES string of the molecule is CCC1CCNC(C(C)(O)C(C)C)C1. The van der Waals surface area contributed by atoms with Crippen molar-refractivity contribution in [3.63, 3.8) is 0 Å². The van der Waals surface area contributed by atoms with Crippen LogP contribution in [0.15, 0.2) is 0 Å². The summed E-state index contributed by atoms with van der Waals surface area (Å²) in [4.78, 5) is 0. The van der Waals surface area contributed by atoms with E-state index in [1.54, 1.807) is 0 Å². The lowest BCUT2D eigenvalue weighted by molar-refractivity contribution is -0.0367. The van der Waals surface area contributed by atoms with E-state index in [2.05, 4.69) is 26.1 Å². The number of nitrogens with one attached hydrogen (secondary N) is 1. The van der Waals surface area contributed by atoms with Gasteiger partial charge in [0.25, 0.3) is 0 Å². The predicted octanol–water partition coefficient (Wildman–Crippen LogP) is 2.17. The van der Waals surface area contributed by atoms with Crippen LogP contribution in [0, 0.1) is 11.8 Å². The maximum Gasteiger partial charge on any atom is 0.0794 e. The lowest BCUT2D eigenvalue weighted by Gasteiger charge is -2.41. The van der Waals surface area contributed by atoms with Crippen LogP contribution in [-0.4, -0.2) is 23.3 Å². The number of piperidine rings is 1. The first-order valence-corrected chi connectivity index (χ1v) is 5.94. The van der Waals surface area contributed by atoms with Gasteiger partial charge in [-0.15, -0.1) is 0 Å². The summed E-state index contributed by atoms with van der Waals surface area (Å²) < 4.78 is 0. The molecule has 1 rings (SSSR count). The fourth-order valence-corrected chi connectivity index (χ4v) is 2.21. The number of hydrogen-bond acceptors (Lipinski definition) is 2. The average molecular weight is 199 g/mol. The third-order valence-corrected chi connectivity index (χ3v) is 3.96. The van der Waals surface area contributed by atoms with Crippen LogP contribution in [0.1, 0.15) is 47.0 Å². The van der Waals surface area contributed by atoms with Crippen molar-refractivity contribution in [3.05, 3.63) is 0 Å². The van der Waals surface area contributed by atoms with E-state index in [9.17, 15) is 5.11 Å². The minimum Gasteiger partial charge on any atom is -0.388 e. The topological polar surface area (TPSA) is 32.3 Å². The fourth-order valence-electron chi connectivity index (χ4n) is 2.21. The first kappa shape index (κ1) is 12.0. The minimum absolute atomic E-state index is 0.279. The Hall–Kier alpha value is -0.0800. The van der Waals surface area contributed by atoms with E-state index in [1.165, 1.54) is 12.8 Å². The normalized spacial score (nSPS) is 33.0. The molecular formula is C12H25NO. The molecule has 0 aliphatic carbocycles. The lowest BCUT2D eigenvalue weighted by Crippen LogP contribution is -2.55. The van der Waals surface area contributed by atoms with Crippen LogP contribution in [0.4, 0.5) is 0 Å². The van der Waals surface area contributed by atoms with Crippen LogP contribution in [0.2, 0.25) is 0 Å². The molecule has 0 bridgehead atoms. The van der Waals surface area contributed by atoms with Crippen molar-refractivity contribution in [2.24, 2.45) is 11.8 Å². The third-order valence-electron chi connectivity index (χ3n) is 3.96. The van der Waals surface area contributed by atoms with Crippen LogP contribution in [0.5, 0.6) is 0 Å². The molecule has 84 valence electrons. The van der Waals surface area contributed by atoms with Crippen molar-refractivity contribution >= 4 is 0 Å². The Morgan fingerprint density at radius 1 is 1.50 bits per heavy atom. The third kappa shape index (κ3) is 2.48. The molecule has 2 heteroatoms. The Labute approximate surface area is 88.1 Å². The smallest absolute Gasteiger partial charge is 0.0794 e. The van der Waals surface area contributed by atoms with Gasteiger partial charge in [-0.3, -0.25) is 0 Å².